The van der Waals surface area contributed by atoms with Crippen LogP contribution in [0.3, 0.4) is 0 Å². The van der Waals surface area contributed by atoms with Gasteiger partial charge in [0.05, 0.1) is 11.2 Å². The molecule has 1 heterocycles. The normalized spacial score (nSPS) is 11.1. The summed E-state index contributed by atoms with van der Waals surface area (Å²) in [6.07, 6.45) is 1.64. The van der Waals surface area contributed by atoms with Crippen LogP contribution in [-0.2, 0) is 6.61 Å². The lowest BCUT2D eigenvalue weighted by Gasteiger charge is -2.09. The Balaban J connectivity index is 1.51. The third-order valence-electron chi connectivity index (χ3n) is 4.24. The number of aromatic amines is 1. The van der Waals surface area contributed by atoms with E-state index in [1.165, 1.54) is 12.1 Å². The highest BCUT2D eigenvalue weighted by Crippen LogP contribution is 2.26. The minimum Gasteiger partial charge on any atom is -0.487 e. The Morgan fingerprint density at radius 3 is 2.70 bits per heavy atom. The topological polar surface area (TPSA) is 55.2 Å². The average molecular weight is 439 g/mol. The lowest BCUT2D eigenvalue weighted by Crippen LogP contribution is -1.97. The number of rotatable bonds is 6. The van der Waals surface area contributed by atoms with Gasteiger partial charge in [-0.2, -0.15) is 14.9 Å². The second kappa shape index (κ2) is 9.02. The van der Waals surface area contributed by atoms with Gasteiger partial charge in [0.2, 0.25) is 4.77 Å². The maximum Gasteiger partial charge on any atom is 0.216 e. The third-order valence-corrected chi connectivity index (χ3v) is 4.80. The van der Waals surface area contributed by atoms with Crippen LogP contribution < -0.4 is 4.74 Å². The number of hydrogen-bond acceptors (Lipinski definition) is 4. The molecule has 1 N–H and O–H groups in total. The van der Waals surface area contributed by atoms with Crippen molar-refractivity contribution in [2.45, 2.75) is 6.61 Å². The molecular formula is C22H16ClFN4OS. The third kappa shape index (κ3) is 4.64. The van der Waals surface area contributed by atoms with E-state index in [1.54, 1.807) is 35.2 Å². The van der Waals surface area contributed by atoms with Crippen LogP contribution in [0.2, 0.25) is 5.02 Å². The molecule has 5 nitrogen and oxygen atoms in total. The van der Waals surface area contributed by atoms with Crippen molar-refractivity contribution in [2.75, 3.05) is 0 Å². The van der Waals surface area contributed by atoms with Gasteiger partial charge in [-0.25, -0.2) is 9.49 Å². The minimum atomic E-state index is -0.304. The van der Waals surface area contributed by atoms with Crippen molar-refractivity contribution in [3.05, 3.63) is 99.5 Å². The molecule has 30 heavy (non-hydrogen) atoms. The molecule has 0 aliphatic heterocycles. The molecule has 0 spiro atoms. The SMILES string of the molecule is Fc1cccc(COc2ccc(/C=N/n3c(-c4ccccc4)n[nH]c3=S)cc2Cl)c1. The summed E-state index contributed by atoms with van der Waals surface area (Å²) in [5.74, 6) is 0.808. The molecule has 0 atom stereocenters. The summed E-state index contributed by atoms with van der Waals surface area (Å²) in [5, 5.41) is 11.9. The fourth-order valence-electron chi connectivity index (χ4n) is 2.80. The first-order valence-electron chi connectivity index (χ1n) is 9.04. The Morgan fingerprint density at radius 1 is 1.10 bits per heavy atom. The van der Waals surface area contributed by atoms with Crippen molar-refractivity contribution in [1.82, 2.24) is 14.9 Å². The zero-order valence-corrected chi connectivity index (χ0v) is 17.2. The van der Waals surface area contributed by atoms with Crippen LogP contribution in [0.5, 0.6) is 5.75 Å². The molecule has 0 amide bonds. The molecule has 0 bridgehead atoms. The second-order valence-corrected chi connectivity index (χ2v) is 7.18. The van der Waals surface area contributed by atoms with Crippen molar-refractivity contribution in [3.63, 3.8) is 0 Å². The monoisotopic (exact) mass is 438 g/mol. The molecule has 0 aliphatic rings. The van der Waals surface area contributed by atoms with Crippen molar-refractivity contribution >= 4 is 30.0 Å². The summed E-state index contributed by atoms with van der Waals surface area (Å²) < 4.78 is 20.9. The highest BCUT2D eigenvalue weighted by Gasteiger charge is 2.08. The molecule has 150 valence electrons. The molecule has 0 saturated heterocycles. The van der Waals surface area contributed by atoms with E-state index in [-0.39, 0.29) is 12.4 Å². The molecule has 0 unspecified atom stereocenters. The number of aromatic nitrogens is 3. The maximum atomic E-state index is 13.3. The Morgan fingerprint density at radius 2 is 1.93 bits per heavy atom. The molecule has 4 aromatic rings. The van der Waals surface area contributed by atoms with Crippen molar-refractivity contribution in [3.8, 4) is 17.1 Å². The molecule has 4 rings (SSSR count). The second-order valence-electron chi connectivity index (χ2n) is 6.38. The van der Waals surface area contributed by atoms with Gasteiger partial charge >= 0.3 is 0 Å². The Labute approximate surface area is 182 Å². The lowest BCUT2D eigenvalue weighted by atomic mass is 10.2. The maximum absolute atomic E-state index is 13.3. The van der Waals surface area contributed by atoms with E-state index >= 15 is 0 Å². The molecule has 0 saturated carbocycles. The summed E-state index contributed by atoms with van der Waals surface area (Å²) in [6, 6.07) is 21.2. The van der Waals surface area contributed by atoms with E-state index in [0.29, 0.717) is 21.4 Å². The van der Waals surface area contributed by atoms with Crippen molar-refractivity contribution in [2.24, 2.45) is 5.10 Å². The molecule has 3 aromatic carbocycles. The number of nitrogens with one attached hydrogen (secondary N) is 1. The highest BCUT2D eigenvalue weighted by molar-refractivity contribution is 7.71. The standard InChI is InChI=1S/C22H16ClFN4OS/c23-19-12-15(9-10-20(19)29-14-16-5-4-8-18(24)11-16)13-25-28-21(26-27-22(28)30)17-6-2-1-3-7-17/h1-13H,14H2,(H,27,30)/b25-13+. The van der Waals surface area contributed by atoms with Crippen LogP contribution >= 0.6 is 23.8 Å². The number of nitrogens with zero attached hydrogens (tertiary/aromatic N) is 3. The molecule has 1 aromatic heterocycles. The molecule has 0 fully saturated rings. The Bertz CT molecular complexity index is 1250. The van der Waals surface area contributed by atoms with E-state index in [0.717, 1.165) is 16.7 Å². The fourth-order valence-corrected chi connectivity index (χ4v) is 3.22. The fraction of sp³-hybridized carbons (Fsp3) is 0.0455. The van der Waals surface area contributed by atoms with E-state index < -0.39 is 0 Å². The first-order valence-corrected chi connectivity index (χ1v) is 9.83. The molecule has 8 heteroatoms. The van der Waals surface area contributed by atoms with Crippen molar-refractivity contribution < 1.29 is 9.13 Å². The van der Waals surface area contributed by atoms with E-state index in [9.17, 15) is 4.39 Å². The summed E-state index contributed by atoms with van der Waals surface area (Å²) in [6.45, 7) is 0.218. The van der Waals surface area contributed by atoms with Gasteiger partial charge in [-0.1, -0.05) is 54.1 Å². The minimum absolute atomic E-state index is 0.218. The average Bonchev–Trinajstić information content (AvgIpc) is 3.12. The smallest absolute Gasteiger partial charge is 0.216 e. The molecule has 0 aliphatic carbocycles. The highest BCUT2D eigenvalue weighted by atomic mass is 35.5. The van der Waals surface area contributed by atoms with Crippen LogP contribution in [0.25, 0.3) is 11.4 Å². The number of H-pyrrole nitrogens is 1. The van der Waals surface area contributed by atoms with E-state index in [2.05, 4.69) is 15.3 Å². The van der Waals surface area contributed by atoms with Crippen LogP contribution in [0, 0.1) is 10.6 Å². The first-order chi connectivity index (χ1) is 14.6. The predicted octanol–water partition coefficient (Wildman–Crippen LogP) is 5.86. The summed E-state index contributed by atoms with van der Waals surface area (Å²) >= 11 is 11.6. The van der Waals surface area contributed by atoms with Crippen LogP contribution in [-0.4, -0.2) is 21.1 Å². The van der Waals surface area contributed by atoms with Gasteiger partial charge in [-0.3, -0.25) is 0 Å². The zero-order chi connectivity index (χ0) is 20.9. The Kier molecular flexibility index (Phi) is 6.02. The summed E-state index contributed by atoms with van der Waals surface area (Å²) in [7, 11) is 0. The summed E-state index contributed by atoms with van der Waals surface area (Å²) in [5.41, 5.74) is 2.38. The van der Waals surface area contributed by atoms with Crippen LogP contribution in [0.15, 0.2) is 77.9 Å². The van der Waals surface area contributed by atoms with E-state index in [1.807, 2.05) is 36.4 Å². The largest absolute Gasteiger partial charge is 0.487 e. The quantitative estimate of drug-likeness (QED) is 0.303. The number of hydrogen-bond donors (Lipinski definition) is 1. The lowest BCUT2D eigenvalue weighted by molar-refractivity contribution is 0.306. The van der Waals surface area contributed by atoms with Crippen molar-refractivity contribution in [1.29, 1.82) is 0 Å². The number of benzene rings is 3. The predicted molar refractivity (Wildman–Crippen MR) is 118 cm³/mol. The first kappa shape index (κ1) is 20.0. The zero-order valence-electron chi connectivity index (χ0n) is 15.6. The number of halogens is 2. The van der Waals surface area contributed by atoms with Crippen LogP contribution in [0.4, 0.5) is 4.39 Å². The summed E-state index contributed by atoms with van der Waals surface area (Å²) in [4.78, 5) is 0. The van der Waals surface area contributed by atoms with Gasteiger partial charge in [-0.15, -0.1) is 0 Å². The van der Waals surface area contributed by atoms with Gasteiger partial charge in [0, 0.05) is 5.56 Å². The van der Waals surface area contributed by atoms with Crippen LogP contribution in [0.1, 0.15) is 11.1 Å². The van der Waals surface area contributed by atoms with Gasteiger partial charge in [0.15, 0.2) is 5.82 Å². The number of ether oxygens (including phenoxy) is 1. The Hall–Kier alpha value is -3.29. The van der Waals surface area contributed by atoms with Gasteiger partial charge in [0.1, 0.15) is 18.2 Å². The molecular weight excluding hydrogens is 423 g/mol. The van der Waals surface area contributed by atoms with Gasteiger partial charge < -0.3 is 4.74 Å². The molecule has 0 radical (unpaired) electrons. The van der Waals surface area contributed by atoms with E-state index in [4.69, 9.17) is 28.6 Å². The van der Waals surface area contributed by atoms with Gasteiger partial charge in [-0.05, 0) is 53.7 Å². The van der Waals surface area contributed by atoms with Gasteiger partial charge in [0.25, 0.3) is 0 Å².